The van der Waals surface area contributed by atoms with E-state index in [1.165, 1.54) is 6.07 Å². The molecule has 2 aromatic carbocycles. The molecule has 34 heavy (non-hydrogen) atoms. The molecule has 1 heterocycles. The highest BCUT2D eigenvalue weighted by atomic mass is 79.9. The summed E-state index contributed by atoms with van der Waals surface area (Å²) in [7, 11) is 0. The molecule has 0 spiro atoms. The number of alkyl halides is 3. The average molecular weight is 541 g/mol. The zero-order chi connectivity index (χ0) is 25.3. The van der Waals surface area contributed by atoms with E-state index < -0.39 is 29.3 Å². The molecular weight excluding hydrogens is 513 g/mol. The molecule has 1 N–H and O–H groups in total. The highest BCUT2D eigenvalue weighted by molar-refractivity contribution is 9.10. The quantitative estimate of drug-likeness (QED) is 0.497. The standard InChI is InChI=1S/C25H28BrF3N2O3/c1-15-5-7-16(8-6-15)20-14-31(23(33)34-24(2,3)4)10-9-21(20)30-22(32)17-11-18(25(27,28)29)13-19(26)12-17/h5-8,11-13,20-21H,9-10,14H2,1-4H3,(H,30,32)/t20-,21?/m0/s1. The first-order chi connectivity index (χ1) is 15.7. The van der Waals surface area contributed by atoms with Crippen LogP contribution in [0.3, 0.4) is 0 Å². The normalized spacial score (nSPS) is 19.0. The Morgan fingerprint density at radius 3 is 2.32 bits per heavy atom. The smallest absolute Gasteiger partial charge is 0.416 e. The van der Waals surface area contributed by atoms with Gasteiger partial charge in [-0.1, -0.05) is 45.8 Å². The SMILES string of the molecule is Cc1ccc([C@@H]2CN(C(=O)OC(C)(C)C)CCC2NC(=O)c2cc(Br)cc(C(F)(F)F)c2)cc1. The Kier molecular flexibility index (Phi) is 7.65. The van der Waals surface area contributed by atoms with Crippen molar-refractivity contribution in [1.29, 1.82) is 0 Å². The molecular formula is C25H28BrF3N2O3. The molecule has 3 rings (SSSR count). The van der Waals surface area contributed by atoms with Gasteiger partial charge in [-0.25, -0.2) is 4.79 Å². The molecule has 2 amide bonds. The van der Waals surface area contributed by atoms with Gasteiger partial charge in [0.15, 0.2) is 0 Å². The lowest BCUT2D eigenvalue weighted by Crippen LogP contribution is -2.52. The van der Waals surface area contributed by atoms with Crippen LogP contribution in [-0.4, -0.2) is 41.6 Å². The van der Waals surface area contributed by atoms with Crippen molar-refractivity contribution in [2.75, 3.05) is 13.1 Å². The third-order valence-corrected chi connectivity index (χ3v) is 6.03. The van der Waals surface area contributed by atoms with Crippen molar-refractivity contribution >= 4 is 27.9 Å². The number of carbonyl (C=O) groups excluding carboxylic acids is 2. The number of amides is 2. The van der Waals surface area contributed by atoms with Crippen LogP contribution in [0.1, 0.15) is 60.2 Å². The Morgan fingerprint density at radius 1 is 1.09 bits per heavy atom. The highest BCUT2D eigenvalue weighted by Crippen LogP contribution is 2.33. The van der Waals surface area contributed by atoms with Crippen molar-refractivity contribution in [1.82, 2.24) is 10.2 Å². The first kappa shape index (κ1) is 26.1. The molecule has 0 radical (unpaired) electrons. The number of likely N-dealkylation sites (tertiary alicyclic amines) is 1. The topological polar surface area (TPSA) is 58.6 Å². The Bertz CT molecular complexity index is 1050. The van der Waals surface area contributed by atoms with E-state index in [2.05, 4.69) is 21.2 Å². The van der Waals surface area contributed by atoms with E-state index in [4.69, 9.17) is 4.74 Å². The number of halogens is 4. The maximum atomic E-state index is 13.2. The minimum absolute atomic E-state index is 0.0843. The zero-order valence-electron chi connectivity index (χ0n) is 19.5. The summed E-state index contributed by atoms with van der Waals surface area (Å²) in [4.78, 5) is 27.3. The number of ether oxygens (including phenoxy) is 1. The summed E-state index contributed by atoms with van der Waals surface area (Å²) < 4.78 is 45.3. The number of piperidine rings is 1. The van der Waals surface area contributed by atoms with Crippen molar-refractivity contribution in [2.45, 2.75) is 57.9 Å². The lowest BCUT2D eigenvalue weighted by atomic mass is 9.85. The van der Waals surface area contributed by atoms with Crippen LogP contribution < -0.4 is 5.32 Å². The molecule has 1 aliphatic heterocycles. The predicted octanol–water partition coefficient (Wildman–Crippen LogP) is 6.30. The van der Waals surface area contributed by atoms with Crippen LogP contribution in [0.2, 0.25) is 0 Å². The third kappa shape index (κ3) is 6.74. The Hall–Kier alpha value is -2.55. The fourth-order valence-corrected chi connectivity index (χ4v) is 4.40. The van der Waals surface area contributed by atoms with Gasteiger partial charge in [0, 0.05) is 35.1 Å². The number of hydrogen-bond acceptors (Lipinski definition) is 3. The molecule has 2 aromatic rings. The van der Waals surface area contributed by atoms with Gasteiger partial charge in [0.05, 0.1) is 5.56 Å². The minimum atomic E-state index is -4.57. The Labute approximate surface area is 205 Å². The van der Waals surface area contributed by atoms with E-state index in [-0.39, 0.29) is 22.0 Å². The fraction of sp³-hybridized carbons (Fsp3) is 0.440. The number of rotatable bonds is 3. The molecule has 1 unspecified atom stereocenters. The van der Waals surface area contributed by atoms with Gasteiger partial charge in [0.1, 0.15) is 5.60 Å². The lowest BCUT2D eigenvalue weighted by Gasteiger charge is -2.39. The molecule has 1 aliphatic rings. The largest absolute Gasteiger partial charge is 0.444 e. The predicted molar refractivity (Wildman–Crippen MR) is 127 cm³/mol. The van der Waals surface area contributed by atoms with Crippen molar-refractivity contribution in [3.63, 3.8) is 0 Å². The molecule has 0 aromatic heterocycles. The first-order valence-electron chi connectivity index (χ1n) is 11.0. The van der Waals surface area contributed by atoms with Crippen LogP contribution in [0, 0.1) is 6.92 Å². The average Bonchev–Trinajstić information content (AvgIpc) is 2.72. The number of nitrogens with zero attached hydrogens (tertiary/aromatic N) is 1. The first-order valence-corrected chi connectivity index (χ1v) is 11.8. The van der Waals surface area contributed by atoms with Gasteiger partial charge >= 0.3 is 12.3 Å². The Morgan fingerprint density at radius 2 is 1.74 bits per heavy atom. The van der Waals surface area contributed by atoms with Gasteiger partial charge in [-0.15, -0.1) is 0 Å². The number of hydrogen-bond donors (Lipinski definition) is 1. The van der Waals surface area contributed by atoms with E-state index >= 15 is 0 Å². The maximum absolute atomic E-state index is 13.2. The molecule has 184 valence electrons. The van der Waals surface area contributed by atoms with Crippen molar-refractivity contribution in [2.24, 2.45) is 0 Å². The van der Waals surface area contributed by atoms with Crippen molar-refractivity contribution in [3.05, 3.63) is 69.2 Å². The molecule has 0 bridgehead atoms. The van der Waals surface area contributed by atoms with Crippen LogP contribution in [0.15, 0.2) is 46.9 Å². The molecule has 9 heteroatoms. The second kappa shape index (κ2) is 9.98. The molecule has 0 saturated carbocycles. The second-order valence-corrected chi connectivity index (χ2v) is 10.5. The summed E-state index contributed by atoms with van der Waals surface area (Å²) in [5.41, 5.74) is 0.367. The van der Waals surface area contributed by atoms with Gasteiger partial charge in [0.2, 0.25) is 0 Å². The number of benzene rings is 2. The van der Waals surface area contributed by atoms with Gasteiger partial charge in [-0.05, 0) is 57.9 Å². The van der Waals surface area contributed by atoms with Gasteiger partial charge in [-0.2, -0.15) is 13.2 Å². The monoisotopic (exact) mass is 540 g/mol. The molecule has 0 aliphatic carbocycles. The highest BCUT2D eigenvalue weighted by Gasteiger charge is 2.36. The van der Waals surface area contributed by atoms with Crippen molar-refractivity contribution in [3.8, 4) is 0 Å². The summed E-state index contributed by atoms with van der Waals surface area (Å²) in [6.45, 7) is 8.01. The molecule has 2 atom stereocenters. The van der Waals surface area contributed by atoms with Crippen LogP contribution in [0.25, 0.3) is 0 Å². The molecule has 1 saturated heterocycles. The van der Waals surface area contributed by atoms with Crippen molar-refractivity contribution < 1.29 is 27.5 Å². The van der Waals surface area contributed by atoms with Crippen LogP contribution in [0.4, 0.5) is 18.0 Å². The minimum Gasteiger partial charge on any atom is -0.444 e. The van der Waals surface area contributed by atoms with Gasteiger partial charge in [0.25, 0.3) is 5.91 Å². The van der Waals surface area contributed by atoms with E-state index in [0.717, 1.165) is 23.3 Å². The fourth-order valence-electron chi connectivity index (χ4n) is 3.90. The molecule has 5 nitrogen and oxygen atoms in total. The number of nitrogens with one attached hydrogen (secondary N) is 1. The van der Waals surface area contributed by atoms with Crippen LogP contribution in [0.5, 0.6) is 0 Å². The van der Waals surface area contributed by atoms with Crippen LogP contribution >= 0.6 is 15.9 Å². The molecule has 1 fully saturated rings. The summed E-state index contributed by atoms with van der Waals surface area (Å²) in [5.74, 6) is -0.848. The van der Waals surface area contributed by atoms with Gasteiger partial charge in [-0.3, -0.25) is 4.79 Å². The second-order valence-electron chi connectivity index (χ2n) is 9.54. The van der Waals surface area contributed by atoms with E-state index in [0.29, 0.717) is 19.5 Å². The van der Waals surface area contributed by atoms with E-state index in [1.54, 1.807) is 25.7 Å². The zero-order valence-corrected chi connectivity index (χ0v) is 21.1. The number of aryl methyl sites for hydroxylation is 1. The summed E-state index contributed by atoms with van der Waals surface area (Å²) in [6, 6.07) is 10.6. The maximum Gasteiger partial charge on any atom is 0.416 e. The lowest BCUT2D eigenvalue weighted by molar-refractivity contribution is -0.137. The Balaban J connectivity index is 1.85. The third-order valence-electron chi connectivity index (χ3n) is 5.57. The number of carbonyl (C=O) groups is 2. The summed E-state index contributed by atoms with van der Waals surface area (Å²) in [5, 5.41) is 2.91. The van der Waals surface area contributed by atoms with E-state index in [1.807, 2.05) is 31.2 Å². The van der Waals surface area contributed by atoms with Crippen LogP contribution in [-0.2, 0) is 10.9 Å². The van der Waals surface area contributed by atoms with E-state index in [9.17, 15) is 22.8 Å². The summed E-state index contributed by atoms with van der Waals surface area (Å²) in [6.07, 6.45) is -4.57. The van der Waals surface area contributed by atoms with Gasteiger partial charge < -0.3 is 15.0 Å². The summed E-state index contributed by atoms with van der Waals surface area (Å²) >= 11 is 3.06.